The summed E-state index contributed by atoms with van der Waals surface area (Å²) in [6, 6.07) is 17.8. The van der Waals surface area contributed by atoms with E-state index >= 15 is 0 Å². The van der Waals surface area contributed by atoms with Crippen LogP contribution in [0, 0.1) is 0 Å². The third kappa shape index (κ3) is 4.82. The van der Waals surface area contributed by atoms with Gasteiger partial charge < -0.3 is 9.88 Å². The fourth-order valence-corrected chi connectivity index (χ4v) is 4.32. The fourth-order valence-electron chi connectivity index (χ4n) is 3.12. The molecule has 1 fully saturated rings. The summed E-state index contributed by atoms with van der Waals surface area (Å²) in [6.07, 6.45) is 3.06. The van der Waals surface area contributed by atoms with Crippen molar-refractivity contribution in [1.82, 2.24) is 20.1 Å². The summed E-state index contributed by atoms with van der Waals surface area (Å²) in [6.45, 7) is 2.90. The van der Waals surface area contributed by atoms with E-state index in [-0.39, 0.29) is 11.2 Å². The Kier molecular flexibility index (Phi) is 6.21. The van der Waals surface area contributed by atoms with Crippen LogP contribution in [-0.2, 0) is 11.3 Å². The van der Waals surface area contributed by atoms with Gasteiger partial charge in [0.05, 0.1) is 0 Å². The lowest BCUT2D eigenvalue weighted by atomic mass is 10.1. The van der Waals surface area contributed by atoms with Crippen molar-refractivity contribution in [2.75, 3.05) is 0 Å². The Morgan fingerprint density at radius 2 is 1.90 bits per heavy atom. The number of halogens is 1. The lowest BCUT2D eigenvalue weighted by Crippen LogP contribution is -2.30. The van der Waals surface area contributed by atoms with Gasteiger partial charge in [-0.25, -0.2) is 0 Å². The Morgan fingerprint density at radius 3 is 2.55 bits per heavy atom. The fraction of sp³-hybridized carbons (Fsp3) is 0.318. The molecule has 1 atom stereocenters. The van der Waals surface area contributed by atoms with Crippen molar-refractivity contribution in [3.8, 4) is 11.4 Å². The molecule has 0 radical (unpaired) electrons. The summed E-state index contributed by atoms with van der Waals surface area (Å²) >= 11 is 7.49. The van der Waals surface area contributed by atoms with Crippen molar-refractivity contribution in [3.05, 3.63) is 65.2 Å². The van der Waals surface area contributed by atoms with Crippen LogP contribution in [0.25, 0.3) is 11.4 Å². The zero-order chi connectivity index (χ0) is 20.2. The Balaban J connectivity index is 1.66. The molecule has 0 aliphatic heterocycles. The van der Waals surface area contributed by atoms with E-state index in [0.29, 0.717) is 11.1 Å². The first kappa shape index (κ1) is 20.0. The second-order valence-corrected chi connectivity index (χ2v) is 8.66. The number of hydrogen-bond acceptors (Lipinski definition) is 4. The van der Waals surface area contributed by atoms with Gasteiger partial charge in [0.25, 0.3) is 0 Å². The Bertz CT molecular complexity index is 970. The number of carbonyl (C=O) groups excluding carboxylic acids is 1. The van der Waals surface area contributed by atoms with Gasteiger partial charge in [-0.3, -0.25) is 4.79 Å². The smallest absolute Gasteiger partial charge is 0.238 e. The van der Waals surface area contributed by atoms with E-state index in [1.807, 2.05) is 54.6 Å². The molecule has 1 aliphatic rings. The molecular weight excluding hydrogens is 404 g/mol. The molecule has 1 aliphatic carbocycles. The zero-order valence-corrected chi connectivity index (χ0v) is 17.8. The molecule has 0 bridgehead atoms. The number of nitrogens with zero attached hydrogens (tertiary/aromatic N) is 3. The van der Waals surface area contributed by atoms with Crippen LogP contribution in [0.3, 0.4) is 0 Å². The van der Waals surface area contributed by atoms with Crippen molar-refractivity contribution in [2.45, 2.75) is 49.2 Å². The Morgan fingerprint density at radius 1 is 1.17 bits per heavy atom. The molecule has 29 heavy (non-hydrogen) atoms. The van der Waals surface area contributed by atoms with Crippen molar-refractivity contribution in [3.63, 3.8) is 0 Å². The number of aromatic nitrogens is 3. The van der Waals surface area contributed by atoms with Crippen LogP contribution in [0.1, 0.15) is 37.0 Å². The molecule has 0 spiro atoms. The minimum Gasteiger partial charge on any atom is -0.352 e. The predicted octanol–water partition coefficient (Wildman–Crippen LogP) is 5.12. The van der Waals surface area contributed by atoms with Gasteiger partial charge in [0.15, 0.2) is 11.0 Å². The SMILES string of the molecule is CCCn1c(S[C@H](C(=O)NC2CC2)c2ccccc2)nnc1-c1ccc(Cl)cc1. The third-order valence-corrected chi connectivity index (χ3v) is 6.24. The lowest BCUT2D eigenvalue weighted by molar-refractivity contribution is -0.120. The zero-order valence-electron chi connectivity index (χ0n) is 16.2. The largest absolute Gasteiger partial charge is 0.352 e. The number of nitrogens with one attached hydrogen (secondary N) is 1. The third-order valence-electron chi connectivity index (χ3n) is 4.75. The summed E-state index contributed by atoms with van der Waals surface area (Å²) in [5.41, 5.74) is 1.93. The first-order valence-electron chi connectivity index (χ1n) is 9.87. The van der Waals surface area contributed by atoms with Gasteiger partial charge in [0, 0.05) is 23.2 Å². The monoisotopic (exact) mass is 426 g/mol. The second-order valence-electron chi connectivity index (χ2n) is 7.16. The summed E-state index contributed by atoms with van der Waals surface area (Å²) in [7, 11) is 0. The van der Waals surface area contributed by atoms with E-state index in [9.17, 15) is 4.79 Å². The van der Waals surface area contributed by atoms with E-state index in [1.54, 1.807) is 0 Å². The molecule has 1 saturated carbocycles. The van der Waals surface area contributed by atoms with E-state index in [1.165, 1.54) is 11.8 Å². The van der Waals surface area contributed by atoms with Crippen molar-refractivity contribution in [2.24, 2.45) is 0 Å². The minimum atomic E-state index is -0.366. The quantitative estimate of drug-likeness (QED) is 0.508. The van der Waals surface area contributed by atoms with Crippen LogP contribution < -0.4 is 5.32 Å². The molecule has 4 rings (SSSR count). The van der Waals surface area contributed by atoms with Gasteiger partial charge in [-0.1, -0.05) is 60.6 Å². The molecule has 2 aromatic carbocycles. The average Bonchev–Trinajstić information content (AvgIpc) is 3.47. The molecule has 3 aromatic rings. The summed E-state index contributed by atoms with van der Waals surface area (Å²) in [5, 5.41) is 13.1. The van der Waals surface area contributed by atoms with Gasteiger partial charge >= 0.3 is 0 Å². The predicted molar refractivity (Wildman–Crippen MR) is 117 cm³/mol. The summed E-state index contributed by atoms with van der Waals surface area (Å²) in [4.78, 5) is 13.0. The van der Waals surface area contributed by atoms with Crippen molar-refractivity contribution >= 4 is 29.3 Å². The maximum absolute atomic E-state index is 13.0. The van der Waals surface area contributed by atoms with E-state index in [4.69, 9.17) is 11.6 Å². The molecule has 1 heterocycles. The first-order chi connectivity index (χ1) is 14.2. The molecule has 0 unspecified atom stereocenters. The van der Waals surface area contributed by atoms with E-state index in [0.717, 1.165) is 47.9 Å². The molecule has 1 N–H and O–H groups in total. The molecular formula is C22H23ClN4OS. The molecule has 5 nitrogen and oxygen atoms in total. The van der Waals surface area contributed by atoms with Gasteiger partial charge in [0.1, 0.15) is 5.25 Å². The number of amides is 1. The Labute approximate surface area is 179 Å². The topological polar surface area (TPSA) is 59.8 Å². The molecule has 1 aromatic heterocycles. The van der Waals surface area contributed by atoms with Gasteiger partial charge in [-0.15, -0.1) is 10.2 Å². The lowest BCUT2D eigenvalue weighted by Gasteiger charge is -2.17. The van der Waals surface area contributed by atoms with Gasteiger partial charge in [-0.2, -0.15) is 0 Å². The van der Waals surface area contributed by atoms with Crippen LogP contribution in [0.4, 0.5) is 0 Å². The molecule has 0 saturated heterocycles. The van der Waals surface area contributed by atoms with Crippen molar-refractivity contribution in [1.29, 1.82) is 0 Å². The normalized spacial score (nSPS) is 14.6. The molecule has 7 heteroatoms. The van der Waals surface area contributed by atoms with Crippen LogP contribution in [0.5, 0.6) is 0 Å². The minimum absolute atomic E-state index is 0.0304. The highest BCUT2D eigenvalue weighted by atomic mass is 35.5. The highest BCUT2D eigenvalue weighted by Crippen LogP contribution is 2.37. The highest BCUT2D eigenvalue weighted by Gasteiger charge is 2.30. The van der Waals surface area contributed by atoms with Crippen LogP contribution in [-0.4, -0.2) is 26.7 Å². The van der Waals surface area contributed by atoms with Crippen LogP contribution >= 0.6 is 23.4 Å². The van der Waals surface area contributed by atoms with Crippen LogP contribution in [0.15, 0.2) is 59.8 Å². The Hall–Kier alpha value is -2.31. The second kappa shape index (κ2) is 9.01. The van der Waals surface area contributed by atoms with Gasteiger partial charge in [-0.05, 0) is 49.1 Å². The number of carbonyl (C=O) groups is 1. The number of benzene rings is 2. The number of thioether (sulfide) groups is 1. The number of rotatable bonds is 8. The highest BCUT2D eigenvalue weighted by molar-refractivity contribution is 8.00. The molecule has 150 valence electrons. The van der Waals surface area contributed by atoms with Crippen molar-refractivity contribution < 1.29 is 4.79 Å². The van der Waals surface area contributed by atoms with Gasteiger partial charge in [0.2, 0.25) is 5.91 Å². The summed E-state index contributed by atoms with van der Waals surface area (Å²) in [5.74, 6) is 0.822. The summed E-state index contributed by atoms with van der Waals surface area (Å²) < 4.78 is 2.09. The van der Waals surface area contributed by atoms with E-state index < -0.39 is 0 Å². The van der Waals surface area contributed by atoms with Crippen LogP contribution in [0.2, 0.25) is 5.02 Å². The average molecular weight is 427 g/mol. The number of hydrogen-bond donors (Lipinski definition) is 1. The maximum atomic E-state index is 13.0. The maximum Gasteiger partial charge on any atom is 0.238 e. The van der Waals surface area contributed by atoms with E-state index in [2.05, 4.69) is 27.0 Å². The first-order valence-corrected chi connectivity index (χ1v) is 11.1. The molecule has 1 amide bonds. The standard InChI is InChI=1S/C22H23ClN4OS/c1-2-14-27-20(16-8-10-17(23)11-9-16)25-26-22(27)29-19(15-6-4-3-5-7-15)21(28)24-18-12-13-18/h3-11,18-19H,2,12-14H2,1H3,(H,24,28)/t19-/m0/s1.